The van der Waals surface area contributed by atoms with Crippen molar-refractivity contribution in [3.05, 3.63) is 75.9 Å². The summed E-state index contributed by atoms with van der Waals surface area (Å²) >= 11 is 0. The van der Waals surface area contributed by atoms with E-state index >= 15 is 0 Å². The van der Waals surface area contributed by atoms with Crippen LogP contribution in [0.3, 0.4) is 0 Å². The van der Waals surface area contributed by atoms with E-state index in [4.69, 9.17) is 8.83 Å². The van der Waals surface area contributed by atoms with Crippen molar-refractivity contribution in [2.45, 2.75) is 20.4 Å². The van der Waals surface area contributed by atoms with Crippen LogP contribution in [0.15, 0.2) is 62.4 Å². The van der Waals surface area contributed by atoms with Crippen LogP contribution in [0.5, 0.6) is 5.75 Å². The molecule has 0 radical (unpaired) electrons. The van der Waals surface area contributed by atoms with E-state index in [2.05, 4.69) is 9.88 Å². The van der Waals surface area contributed by atoms with Gasteiger partial charge in [-0.3, -0.25) is 4.98 Å². The highest BCUT2D eigenvalue weighted by Gasteiger charge is 2.18. The second-order valence-electron chi connectivity index (χ2n) is 6.87. The van der Waals surface area contributed by atoms with Gasteiger partial charge in [0.15, 0.2) is 11.5 Å². The number of anilines is 1. The van der Waals surface area contributed by atoms with Crippen LogP contribution in [0.4, 0.5) is 5.69 Å². The lowest BCUT2D eigenvalue weighted by molar-refractivity contribution is 0.433. The minimum atomic E-state index is -0.572. The quantitative estimate of drug-likeness (QED) is 0.568. The molecule has 4 rings (SSSR count). The van der Waals surface area contributed by atoms with Crippen molar-refractivity contribution in [2.24, 2.45) is 0 Å². The van der Waals surface area contributed by atoms with Crippen molar-refractivity contribution < 1.29 is 13.9 Å². The molecule has 0 aliphatic heterocycles. The van der Waals surface area contributed by atoms with E-state index in [9.17, 15) is 9.90 Å². The molecule has 0 aliphatic carbocycles. The standard InChI is InChI=1S/C22H20N2O4/c1-13-20(25)14(2)22(26)28-21(13)19-10-16-9-15(6-7-18(16)27-19)12-24(3)17-5-4-8-23-11-17/h4-11,25H,12H2,1-3H3. The first-order valence-corrected chi connectivity index (χ1v) is 8.91. The summed E-state index contributed by atoms with van der Waals surface area (Å²) in [6.07, 6.45) is 3.57. The molecule has 0 saturated heterocycles. The normalized spacial score (nSPS) is 11.1. The molecule has 6 heteroatoms. The third-order valence-corrected chi connectivity index (χ3v) is 4.86. The van der Waals surface area contributed by atoms with E-state index in [1.165, 1.54) is 6.92 Å². The van der Waals surface area contributed by atoms with Gasteiger partial charge < -0.3 is 18.8 Å². The van der Waals surface area contributed by atoms with Gasteiger partial charge in [0, 0.05) is 30.7 Å². The molecular weight excluding hydrogens is 356 g/mol. The minimum Gasteiger partial charge on any atom is -0.507 e. The van der Waals surface area contributed by atoms with E-state index in [0.29, 0.717) is 23.5 Å². The van der Waals surface area contributed by atoms with E-state index < -0.39 is 5.63 Å². The van der Waals surface area contributed by atoms with Gasteiger partial charge in [-0.15, -0.1) is 0 Å². The Morgan fingerprint density at radius 2 is 1.93 bits per heavy atom. The van der Waals surface area contributed by atoms with E-state index in [1.54, 1.807) is 13.1 Å². The highest BCUT2D eigenvalue weighted by atomic mass is 16.4. The zero-order valence-corrected chi connectivity index (χ0v) is 15.9. The average molecular weight is 376 g/mol. The molecule has 142 valence electrons. The van der Waals surface area contributed by atoms with Gasteiger partial charge in [-0.2, -0.15) is 0 Å². The Labute approximate surface area is 161 Å². The van der Waals surface area contributed by atoms with Crippen molar-refractivity contribution >= 4 is 16.7 Å². The van der Waals surface area contributed by atoms with Crippen LogP contribution in [-0.2, 0) is 6.54 Å². The van der Waals surface area contributed by atoms with Crippen LogP contribution in [0, 0.1) is 13.8 Å². The molecule has 3 heterocycles. The Kier molecular flexibility index (Phi) is 4.39. The Morgan fingerprint density at radius 1 is 1.11 bits per heavy atom. The highest BCUT2D eigenvalue weighted by Crippen LogP contribution is 2.34. The number of hydrogen-bond acceptors (Lipinski definition) is 6. The maximum Gasteiger partial charge on any atom is 0.343 e. The van der Waals surface area contributed by atoms with Gasteiger partial charge in [-0.25, -0.2) is 4.79 Å². The molecule has 0 spiro atoms. The van der Waals surface area contributed by atoms with Gasteiger partial charge in [0.25, 0.3) is 0 Å². The number of hydrogen-bond donors (Lipinski definition) is 1. The van der Waals surface area contributed by atoms with Crippen LogP contribution in [0.2, 0.25) is 0 Å². The third-order valence-electron chi connectivity index (χ3n) is 4.86. The van der Waals surface area contributed by atoms with E-state index in [1.807, 2.05) is 49.6 Å². The van der Waals surface area contributed by atoms with E-state index in [-0.39, 0.29) is 17.1 Å². The molecule has 0 atom stereocenters. The zero-order chi connectivity index (χ0) is 19.8. The molecule has 4 aromatic rings. The summed E-state index contributed by atoms with van der Waals surface area (Å²) in [5, 5.41) is 11.0. The van der Waals surface area contributed by atoms with Gasteiger partial charge >= 0.3 is 5.63 Å². The number of aromatic nitrogens is 1. The average Bonchev–Trinajstić information content (AvgIpc) is 3.12. The number of nitrogens with zero attached hydrogens (tertiary/aromatic N) is 2. The topological polar surface area (TPSA) is 79.7 Å². The maximum atomic E-state index is 11.9. The fourth-order valence-electron chi connectivity index (χ4n) is 3.21. The van der Waals surface area contributed by atoms with Gasteiger partial charge in [-0.1, -0.05) is 6.07 Å². The molecule has 0 unspecified atom stereocenters. The lowest BCUT2D eigenvalue weighted by Gasteiger charge is -2.18. The Balaban J connectivity index is 1.69. The summed E-state index contributed by atoms with van der Waals surface area (Å²) < 4.78 is 11.2. The molecule has 0 aliphatic rings. The first-order valence-electron chi connectivity index (χ1n) is 8.91. The van der Waals surface area contributed by atoms with Crippen molar-refractivity contribution in [1.29, 1.82) is 0 Å². The predicted octanol–water partition coefficient (Wildman–Crippen LogP) is 4.41. The Bertz CT molecular complexity index is 1210. The first kappa shape index (κ1) is 17.9. The van der Waals surface area contributed by atoms with Gasteiger partial charge in [0.2, 0.25) is 0 Å². The number of rotatable bonds is 4. The molecule has 0 saturated carbocycles. The third kappa shape index (κ3) is 3.13. The summed E-state index contributed by atoms with van der Waals surface area (Å²) in [6, 6.07) is 11.7. The highest BCUT2D eigenvalue weighted by molar-refractivity contribution is 5.83. The Hall–Kier alpha value is -3.54. The van der Waals surface area contributed by atoms with Crippen LogP contribution < -0.4 is 10.5 Å². The second-order valence-corrected chi connectivity index (χ2v) is 6.87. The number of benzene rings is 1. The fourth-order valence-corrected chi connectivity index (χ4v) is 3.21. The molecule has 6 nitrogen and oxygen atoms in total. The van der Waals surface area contributed by atoms with Crippen molar-refractivity contribution in [3.8, 4) is 17.3 Å². The van der Waals surface area contributed by atoms with E-state index in [0.717, 1.165) is 16.6 Å². The summed E-state index contributed by atoms with van der Waals surface area (Å²) in [5.41, 5.74) is 2.92. The lowest BCUT2D eigenvalue weighted by Crippen LogP contribution is -2.16. The van der Waals surface area contributed by atoms with Crippen LogP contribution in [0.1, 0.15) is 16.7 Å². The largest absolute Gasteiger partial charge is 0.507 e. The second kappa shape index (κ2) is 6.88. The number of furan rings is 1. The van der Waals surface area contributed by atoms with Gasteiger partial charge in [0.1, 0.15) is 11.3 Å². The van der Waals surface area contributed by atoms with Crippen LogP contribution >= 0.6 is 0 Å². The Morgan fingerprint density at radius 3 is 2.68 bits per heavy atom. The molecule has 0 bridgehead atoms. The summed E-state index contributed by atoms with van der Waals surface area (Å²) in [4.78, 5) is 18.2. The molecule has 1 N–H and O–H groups in total. The van der Waals surface area contributed by atoms with Crippen LogP contribution in [-0.4, -0.2) is 17.1 Å². The van der Waals surface area contributed by atoms with Gasteiger partial charge in [0.05, 0.1) is 17.4 Å². The maximum absolute atomic E-state index is 11.9. The SMILES string of the molecule is Cc1c(-c2cc3cc(CN(C)c4cccnc4)ccc3o2)oc(=O)c(C)c1O. The van der Waals surface area contributed by atoms with Crippen molar-refractivity contribution in [1.82, 2.24) is 4.98 Å². The summed E-state index contributed by atoms with van der Waals surface area (Å²) in [7, 11) is 2.01. The smallest absolute Gasteiger partial charge is 0.343 e. The van der Waals surface area contributed by atoms with Gasteiger partial charge in [-0.05, 0) is 49.7 Å². The minimum absolute atomic E-state index is 0.0644. The van der Waals surface area contributed by atoms with Crippen LogP contribution in [0.25, 0.3) is 22.5 Å². The molecule has 3 aromatic heterocycles. The number of aromatic hydroxyl groups is 1. The lowest BCUT2D eigenvalue weighted by atomic mass is 10.1. The predicted molar refractivity (Wildman–Crippen MR) is 108 cm³/mol. The number of fused-ring (bicyclic) bond motifs is 1. The molecular formula is C22H20N2O4. The first-order chi connectivity index (χ1) is 13.4. The molecule has 0 amide bonds. The zero-order valence-electron chi connectivity index (χ0n) is 15.9. The molecule has 28 heavy (non-hydrogen) atoms. The van der Waals surface area contributed by atoms with Crippen molar-refractivity contribution in [2.75, 3.05) is 11.9 Å². The molecule has 0 fully saturated rings. The summed E-state index contributed by atoms with van der Waals surface area (Å²) in [5.74, 6) is 0.599. The number of pyridine rings is 1. The fraction of sp³-hybridized carbons (Fsp3) is 0.182. The monoisotopic (exact) mass is 376 g/mol. The molecule has 1 aromatic carbocycles. The summed E-state index contributed by atoms with van der Waals surface area (Å²) in [6.45, 7) is 3.94. The van der Waals surface area contributed by atoms with Crippen molar-refractivity contribution in [3.63, 3.8) is 0 Å².